The van der Waals surface area contributed by atoms with Crippen molar-refractivity contribution in [3.8, 4) is 0 Å². The van der Waals surface area contributed by atoms with Crippen LogP contribution in [-0.4, -0.2) is 5.78 Å². The summed E-state index contributed by atoms with van der Waals surface area (Å²) < 4.78 is 0. The molecule has 0 fully saturated rings. The van der Waals surface area contributed by atoms with Crippen LogP contribution in [0.5, 0.6) is 0 Å². The smallest absolute Gasteiger partial charge is 0.129 e. The molecule has 1 rings (SSSR count). The van der Waals surface area contributed by atoms with E-state index in [2.05, 4.69) is 19.9 Å². The molecule has 1 aliphatic rings. The second-order valence-electron chi connectivity index (χ2n) is 5.15. The molecule has 0 N–H and O–H groups in total. The molecular weight excluding hydrogens is 184 g/mol. The molecule has 0 saturated carbocycles. The number of carbonyl (C=O) groups excluding carboxylic acids is 1. The Labute approximate surface area is 93.9 Å². The van der Waals surface area contributed by atoms with Gasteiger partial charge in [0.1, 0.15) is 5.78 Å². The van der Waals surface area contributed by atoms with Crippen LogP contribution in [-0.2, 0) is 4.79 Å². The van der Waals surface area contributed by atoms with Gasteiger partial charge in [-0.2, -0.15) is 0 Å². The Morgan fingerprint density at radius 3 is 2.87 bits per heavy atom. The Kier molecular flexibility index (Phi) is 5.07. The van der Waals surface area contributed by atoms with Crippen molar-refractivity contribution >= 4 is 5.78 Å². The topological polar surface area (TPSA) is 17.1 Å². The Bertz CT molecular complexity index is 240. The number of rotatable bonds is 5. The van der Waals surface area contributed by atoms with Crippen molar-refractivity contribution < 1.29 is 4.79 Å². The number of allylic oxidation sites excluding steroid dienone is 2. The number of hydrogen-bond donors (Lipinski definition) is 0. The van der Waals surface area contributed by atoms with Crippen molar-refractivity contribution in [2.24, 2.45) is 11.8 Å². The molecule has 1 nitrogen and oxygen atoms in total. The van der Waals surface area contributed by atoms with Crippen LogP contribution < -0.4 is 0 Å². The first kappa shape index (κ1) is 12.5. The highest BCUT2D eigenvalue weighted by molar-refractivity contribution is 5.75. The third kappa shape index (κ3) is 4.63. The van der Waals surface area contributed by atoms with Crippen LogP contribution in [0.3, 0.4) is 0 Å². The van der Waals surface area contributed by atoms with Gasteiger partial charge in [-0.15, -0.1) is 0 Å². The molecule has 0 amide bonds. The van der Waals surface area contributed by atoms with E-state index < -0.39 is 0 Å². The molecule has 0 aromatic heterocycles. The third-order valence-corrected chi connectivity index (χ3v) is 3.51. The van der Waals surface area contributed by atoms with Gasteiger partial charge in [0.15, 0.2) is 0 Å². The largest absolute Gasteiger partial charge is 0.300 e. The highest BCUT2D eigenvalue weighted by atomic mass is 16.1. The lowest BCUT2D eigenvalue weighted by molar-refractivity contribution is -0.117. The first-order valence-corrected chi connectivity index (χ1v) is 6.28. The maximum atomic E-state index is 10.8. The Balaban J connectivity index is 2.27. The lowest BCUT2D eigenvalue weighted by atomic mass is 9.83. The standard InChI is InChI=1S/C14H24O/c1-11-7-9-14(10-8-11)12(2)5-4-6-13(3)15/h9,11-12H,4-8,10H2,1-3H3/t11-,12?/m0/s1. The first-order valence-electron chi connectivity index (χ1n) is 6.28. The van der Waals surface area contributed by atoms with Gasteiger partial charge in [0.2, 0.25) is 0 Å². The molecule has 0 heterocycles. The van der Waals surface area contributed by atoms with Crippen molar-refractivity contribution in [2.45, 2.75) is 59.3 Å². The highest BCUT2D eigenvalue weighted by Gasteiger charge is 2.14. The molecule has 0 aromatic rings. The first-order chi connectivity index (χ1) is 7.09. The van der Waals surface area contributed by atoms with Crippen LogP contribution in [0.1, 0.15) is 59.3 Å². The van der Waals surface area contributed by atoms with Crippen LogP contribution in [0, 0.1) is 11.8 Å². The van der Waals surface area contributed by atoms with Crippen molar-refractivity contribution in [3.05, 3.63) is 11.6 Å². The van der Waals surface area contributed by atoms with Crippen LogP contribution in [0.4, 0.5) is 0 Å². The molecule has 0 aliphatic heterocycles. The summed E-state index contributed by atoms with van der Waals surface area (Å²) in [6.45, 7) is 6.32. The van der Waals surface area contributed by atoms with Gasteiger partial charge in [0, 0.05) is 6.42 Å². The van der Waals surface area contributed by atoms with Gasteiger partial charge in [-0.1, -0.05) is 25.5 Å². The van der Waals surface area contributed by atoms with Gasteiger partial charge in [0.25, 0.3) is 0 Å². The summed E-state index contributed by atoms with van der Waals surface area (Å²) in [5.74, 6) is 1.89. The van der Waals surface area contributed by atoms with Gasteiger partial charge in [-0.3, -0.25) is 0 Å². The molecule has 1 aliphatic carbocycles. The predicted octanol–water partition coefficient (Wildman–Crippen LogP) is 4.13. The molecule has 15 heavy (non-hydrogen) atoms. The van der Waals surface area contributed by atoms with E-state index >= 15 is 0 Å². The quantitative estimate of drug-likeness (QED) is 0.621. The van der Waals surface area contributed by atoms with E-state index in [1.165, 1.54) is 25.7 Å². The van der Waals surface area contributed by atoms with E-state index in [1.54, 1.807) is 12.5 Å². The monoisotopic (exact) mass is 208 g/mol. The summed E-state index contributed by atoms with van der Waals surface area (Å²) in [5, 5.41) is 0. The van der Waals surface area contributed by atoms with E-state index in [4.69, 9.17) is 0 Å². The molecule has 86 valence electrons. The minimum atomic E-state index is 0.327. The van der Waals surface area contributed by atoms with Crippen LogP contribution in [0.2, 0.25) is 0 Å². The fraction of sp³-hybridized carbons (Fsp3) is 0.786. The molecule has 0 bridgehead atoms. The van der Waals surface area contributed by atoms with Gasteiger partial charge < -0.3 is 4.79 Å². The van der Waals surface area contributed by atoms with Gasteiger partial charge in [-0.05, 0) is 50.9 Å². The second-order valence-corrected chi connectivity index (χ2v) is 5.15. The van der Waals surface area contributed by atoms with Crippen LogP contribution in [0.15, 0.2) is 11.6 Å². The summed E-state index contributed by atoms with van der Waals surface area (Å²) in [6, 6.07) is 0. The second kappa shape index (κ2) is 6.09. The molecule has 0 spiro atoms. The number of hydrogen-bond acceptors (Lipinski definition) is 1. The maximum absolute atomic E-state index is 10.8. The minimum Gasteiger partial charge on any atom is -0.300 e. The van der Waals surface area contributed by atoms with Crippen molar-refractivity contribution in [2.75, 3.05) is 0 Å². The molecule has 1 heteroatoms. The number of ketones is 1. The molecule has 0 radical (unpaired) electrons. The zero-order valence-electron chi connectivity index (χ0n) is 10.4. The van der Waals surface area contributed by atoms with Crippen molar-refractivity contribution in [1.29, 1.82) is 0 Å². The van der Waals surface area contributed by atoms with Gasteiger partial charge >= 0.3 is 0 Å². The van der Waals surface area contributed by atoms with Crippen molar-refractivity contribution in [3.63, 3.8) is 0 Å². The van der Waals surface area contributed by atoms with E-state index in [1.807, 2.05) is 0 Å². The minimum absolute atomic E-state index is 0.327. The Hall–Kier alpha value is -0.590. The normalized spacial score (nSPS) is 23.4. The predicted molar refractivity (Wildman–Crippen MR) is 64.8 cm³/mol. The van der Waals surface area contributed by atoms with Crippen LogP contribution >= 0.6 is 0 Å². The SMILES string of the molecule is CC(=O)CCCC(C)C1=CC[C@H](C)CC1. The zero-order chi connectivity index (χ0) is 11.3. The molecule has 0 saturated heterocycles. The summed E-state index contributed by atoms with van der Waals surface area (Å²) in [6.07, 6.45) is 9.32. The number of carbonyl (C=O) groups is 1. The fourth-order valence-electron chi connectivity index (χ4n) is 2.28. The zero-order valence-corrected chi connectivity index (χ0v) is 10.4. The van der Waals surface area contributed by atoms with E-state index in [0.717, 1.165) is 18.8 Å². The molecule has 2 atom stereocenters. The highest BCUT2D eigenvalue weighted by Crippen LogP contribution is 2.29. The third-order valence-electron chi connectivity index (χ3n) is 3.51. The van der Waals surface area contributed by atoms with Gasteiger partial charge in [-0.25, -0.2) is 0 Å². The summed E-state index contributed by atoms with van der Waals surface area (Å²) in [4.78, 5) is 10.8. The lowest BCUT2D eigenvalue weighted by Crippen LogP contribution is -2.08. The average molecular weight is 208 g/mol. The number of Topliss-reactive ketones (excluding diaryl/α,β-unsaturated/α-hetero) is 1. The molecular formula is C14H24O. The van der Waals surface area contributed by atoms with Crippen molar-refractivity contribution in [1.82, 2.24) is 0 Å². The maximum Gasteiger partial charge on any atom is 0.129 e. The fourth-order valence-corrected chi connectivity index (χ4v) is 2.28. The van der Waals surface area contributed by atoms with E-state index in [0.29, 0.717) is 11.7 Å². The summed E-state index contributed by atoms with van der Waals surface area (Å²) in [5.41, 5.74) is 1.64. The molecule has 1 unspecified atom stereocenters. The molecule has 0 aromatic carbocycles. The lowest BCUT2D eigenvalue weighted by Gasteiger charge is -2.23. The van der Waals surface area contributed by atoms with Crippen LogP contribution in [0.25, 0.3) is 0 Å². The Morgan fingerprint density at radius 1 is 1.60 bits per heavy atom. The summed E-state index contributed by atoms with van der Waals surface area (Å²) >= 11 is 0. The van der Waals surface area contributed by atoms with Gasteiger partial charge in [0.05, 0.1) is 0 Å². The van der Waals surface area contributed by atoms with E-state index in [9.17, 15) is 4.79 Å². The van der Waals surface area contributed by atoms with E-state index in [-0.39, 0.29) is 0 Å². The Morgan fingerprint density at radius 2 is 2.33 bits per heavy atom. The average Bonchev–Trinajstić information content (AvgIpc) is 2.18. The summed E-state index contributed by atoms with van der Waals surface area (Å²) in [7, 11) is 0.